The first-order valence-corrected chi connectivity index (χ1v) is 11.2. The third-order valence-electron chi connectivity index (χ3n) is 6.49. The lowest BCUT2D eigenvalue weighted by Crippen LogP contribution is -2.55. The van der Waals surface area contributed by atoms with Crippen LogP contribution in [0.5, 0.6) is 0 Å². The van der Waals surface area contributed by atoms with E-state index in [0.717, 1.165) is 11.6 Å². The van der Waals surface area contributed by atoms with Crippen molar-refractivity contribution in [3.05, 3.63) is 59.4 Å². The van der Waals surface area contributed by atoms with Crippen LogP contribution in [0.2, 0.25) is 0 Å². The summed E-state index contributed by atoms with van der Waals surface area (Å²) in [4.78, 5) is 15.2. The summed E-state index contributed by atoms with van der Waals surface area (Å²) in [5, 5.41) is 5.33. The fourth-order valence-electron chi connectivity index (χ4n) is 4.53. The van der Waals surface area contributed by atoms with Crippen molar-refractivity contribution in [3.8, 4) is 11.3 Å². The Morgan fingerprint density at radius 1 is 1.03 bits per heavy atom. The van der Waals surface area contributed by atoms with Crippen molar-refractivity contribution in [2.45, 2.75) is 44.3 Å². The quantitative estimate of drug-likeness (QED) is 0.362. The van der Waals surface area contributed by atoms with Crippen LogP contribution in [0, 0.1) is 23.4 Å². The summed E-state index contributed by atoms with van der Waals surface area (Å²) in [6.07, 6.45) is -3.20. The predicted molar refractivity (Wildman–Crippen MR) is 120 cm³/mol. The zero-order valence-electron chi connectivity index (χ0n) is 19.1. The van der Waals surface area contributed by atoms with E-state index < -0.39 is 41.6 Å². The van der Waals surface area contributed by atoms with Gasteiger partial charge in [0, 0.05) is 11.5 Å². The molecule has 1 aromatic heterocycles. The molecule has 3 N–H and O–H groups in total. The molecule has 4 nitrogen and oxygen atoms in total. The number of H-pyrrole nitrogens is 1. The Bertz CT molecular complexity index is 1230. The second-order valence-electron chi connectivity index (χ2n) is 9.57. The summed E-state index contributed by atoms with van der Waals surface area (Å²) in [6, 6.07) is 7.80. The molecule has 1 saturated carbocycles. The second kappa shape index (κ2) is 9.22. The van der Waals surface area contributed by atoms with Gasteiger partial charge in [-0.05, 0) is 86.5 Å². The topological polar surface area (TPSA) is 56.9 Å². The van der Waals surface area contributed by atoms with Gasteiger partial charge in [-0.1, -0.05) is 0 Å². The lowest BCUT2D eigenvalue weighted by molar-refractivity contribution is -0.141. The highest BCUT2D eigenvalue weighted by molar-refractivity contribution is 5.92. The van der Waals surface area contributed by atoms with Crippen molar-refractivity contribution in [1.29, 1.82) is 0 Å². The molecular weight excluding hydrogens is 472 g/mol. The van der Waals surface area contributed by atoms with E-state index in [2.05, 4.69) is 10.3 Å². The minimum atomic E-state index is -4.49. The Hall–Kier alpha value is -3.01. The molecule has 1 heterocycles. The number of carbonyl (C=O) groups excluding carboxylic acids is 1. The number of benzene rings is 2. The smallest absolute Gasteiger partial charge is 0.352 e. The molecule has 0 unspecified atom stereocenters. The average molecular weight is 497 g/mol. The van der Waals surface area contributed by atoms with Crippen LogP contribution in [0.4, 0.5) is 26.3 Å². The van der Waals surface area contributed by atoms with Gasteiger partial charge >= 0.3 is 6.18 Å². The van der Waals surface area contributed by atoms with E-state index >= 15 is 0 Å². The minimum Gasteiger partial charge on any atom is -0.352 e. The van der Waals surface area contributed by atoms with Crippen LogP contribution < -0.4 is 10.6 Å². The van der Waals surface area contributed by atoms with Gasteiger partial charge in [-0.25, -0.2) is 13.2 Å². The van der Waals surface area contributed by atoms with Gasteiger partial charge in [0.2, 0.25) is 5.91 Å². The molecule has 4 rings (SSSR count). The summed E-state index contributed by atoms with van der Waals surface area (Å²) in [5.41, 5.74) is 0.935. The third kappa shape index (κ3) is 5.47. The average Bonchev–Trinajstić information content (AvgIpc) is 3.10. The SMILES string of the molecule is CC(C)(NCC1CC(c2c(-c3ccc(F)cc3)[nH]c3c(F)cc(F)cc23)C1)C(=O)NCC(F)(F)F. The number of amides is 1. The highest BCUT2D eigenvalue weighted by Gasteiger charge is 2.37. The molecule has 0 radical (unpaired) electrons. The van der Waals surface area contributed by atoms with E-state index in [4.69, 9.17) is 0 Å². The monoisotopic (exact) mass is 497 g/mol. The van der Waals surface area contributed by atoms with Crippen molar-refractivity contribution in [2.75, 3.05) is 13.1 Å². The van der Waals surface area contributed by atoms with Crippen LogP contribution in [0.15, 0.2) is 36.4 Å². The molecule has 0 atom stereocenters. The van der Waals surface area contributed by atoms with Crippen LogP contribution in [-0.4, -0.2) is 35.7 Å². The largest absolute Gasteiger partial charge is 0.405 e. The summed E-state index contributed by atoms with van der Waals surface area (Å²) in [6.45, 7) is 2.00. The van der Waals surface area contributed by atoms with Crippen LogP contribution >= 0.6 is 0 Å². The van der Waals surface area contributed by atoms with Gasteiger partial charge in [0.15, 0.2) is 0 Å². The van der Waals surface area contributed by atoms with Crippen LogP contribution in [0.3, 0.4) is 0 Å². The molecule has 0 bridgehead atoms. The number of fused-ring (bicyclic) bond motifs is 1. The number of carbonyl (C=O) groups is 1. The first kappa shape index (κ1) is 25.1. The van der Waals surface area contributed by atoms with Gasteiger partial charge < -0.3 is 15.6 Å². The van der Waals surface area contributed by atoms with Gasteiger partial charge in [-0.2, -0.15) is 13.2 Å². The number of aromatic amines is 1. The zero-order valence-corrected chi connectivity index (χ0v) is 19.1. The van der Waals surface area contributed by atoms with Crippen molar-refractivity contribution in [3.63, 3.8) is 0 Å². The summed E-state index contributed by atoms with van der Waals surface area (Å²) in [5.74, 6) is -2.53. The summed E-state index contributed by atoms with van der Waals surface area (Å²) >= 11 is 0. The molecule has 2 aromatic carbocycles. The van der Waals surface area contributed by atoms with Crippen molar-refractivity contribution in [2.24, 2.45) is 5.92 Å². The molecule has 1 aliphatic carbocycles. The molecule has 188 valence electrons. The minimum absolute atomic E-state index is 0.0426. The number of nitrogens with one attached hydrogen (secondary N) is 3. The lowest BCUT2D eigenvalue weighted by atomic mass is 9.70. The Labute approximate surface area is 198 Å². The molecular formula is C25H25F6N3O. The molecule has 1 fully saturated rings. The highest BCUT2D eigenvalue weighted by Crippen LogP contribution is 2.48. The van der Waals surface area contributed by atoms with Crippen molar-refractivity contribution < 1.29 is 31.1 Å². The lowest BCUT2D eigenvalue weighted by Gasteiger charge is -2.38. The zero-order chi connectivity index (χ0) is 25.5. The summed E-state index contributed by atoms with van der Waals surface area (Å²) < 4.78 is 79.2. The first-order chi connectivity index (χ1) is 16.3. The van der Waals surface area contributed by atoms with Crippen LogP contribution in [0.25, 0.3) is 22.2 Å². The fourth-order valence-corrected chi connectivity index (χ4v) is 4.53. The van der Waals surface area contributed by atoms with E-state index in [1.807, 2.05) is 5.32 Å². The van der Waals surface area contributed by atoms with Crippen LogP contribution in [0.1, 0.15) is 38.2 Å². The Balaban J connectivity index is 1.49. The number of rotatable bonds is 7. The fraction of sp³-hybridized carbons (Fsp3) is 0.400. The van der Waals surface area contributed by atoms with Gasteiger partial charge in [-0.3, -0.25) is 4.79 Å². The third-order valence-corrected chi connectivity index (χ3v) is 6.49. The molecule has 35 heavy (non-hydrogen) atoms. The molecule has 3 aromatic rings. The van der Waals surface area contributed by atoms with Gasteiger partial charge in [0.1, 0.15) is 24.0 Å². The number of hydrogen-bond donors (Lipinski definition) is 3. The van der Waals surface area contributed by atoms with Crippen molar-refractivity contribution >= 4 is 16.8 Å². The van der Waals surface area contributed by atoms with Gasteiger partial charge in [-0.15, -0.1) is 0 Å². The summed E-state index contributed by atoms with van der Waals surface area (Å²) in [7, 11) is 0. The van der Waals surface area contributed by atoms with E-state index in [0.29, 0.717) is 36.0 Å². The maximum atomic E-state index is 14.5. The number of alkyl halides is 3. The molecule has 10 heteroatoms. The molecule has 0 saturated heterocycles. The van der Waals surface area contributed by atoms with Gasteiger partial charge in [0.05, 0.1) is 16.7 Å². The van der Waals surface area contributed by atoms with Gasteiger partial charge in [0.25, 0.3) is 0 Å². The number of halogens is 6. The van der Waals surface area contributed by atoms with Crippen LogP contribution in [-0.2, 0) is 4.79 Å². The van der Waals surface area contributed by atoms with E-state index in [1.54, 1.807) is 12.1 Å². The van der Waals surface area contributed by atoms with Crippen molar-refractivity contribution in [1.82, 2.24) is 15.6 Å². The second-order valence-corrected chi connectivity index (χ2v) is 9.57. The van der Waals surface area contributed by atoms with E-state index in [-0.39, 0.29) is 17.4 Å². The molecule has 0 aliphatic heterocycles. The van der Waals surface area contributed by atoms with E-state index in [1.165, 1.54) is 32.0 Å². The first-order valence-electron chi connectivity index (χ1n) is 11.2. The van der Waals surface area contributed by atoms with E-state index in [9.17, 15) is 31.1 Å². The maximum Gasteiger partial charge on any atom is 0.405 e. The highest BCUT2D eigenvalue weighted by atomic mass is 19.4. The number of aromatic nitrogens is 1. The predicted octanol–water partition coefficient (Wildman–Crippen LogP) is 5.79. The molecule has 1 aliphatic rings. The molecule has 1 amide bonds. The Morgan fingerprint density at radius 3 is 2.31 bits per heavy atom. The Kier molecular flexibility index (Phi) is 6.61. The normalized spacial score (nSPS) is 18.5. The number of hydrogen-bond acceptors (Lipinski definition) is 2. The Morgan fingerprint density at radius 2 is 1.69 bits per heavy atom. The standard InChI is InChI=1S/C25H25F6N3O/c1-24(2,23(35)32-12-25(29,30)31)33-11-13-7-15(8-13)20-18-9-17(27)10-19(28)22(18)34-21(20)14-3-5-16(26)6-4-14/h3-6,9-10,13,15,33-34H,7-8,11-12H2,1-2H3,(H,32,35). The molecule has 0 spiro atoms. The maximum absolute atomic E-state index is 14.5.